The smallest absolute Gasteiger partial charge is 0.248 e. The van der Waals surface area contributed by atoms with Crippen molar-refractivity contribution in [2.24, 2.45) is 5.92 Å². The first-order valence-electron chi connectivity index (χ1n) is 6.18. The van der Waals surface area contributed by atoms with Crippen molar-refractivity contribution >= 4 is 0 Å². The summed E-state index contributed by atoms with van der Waals surface area (Å²) in [4.78, 5) is 3.71. The second-order valence-corrected chi connectivity index (χ2v) is 4.86. The lowest BCUT2D eigenvalue weighted by atomic mass is 9.80. The molecule has 2 rings (SSSR count). The molecule has 0 spiro atoms. The molecule has 1 fully saturated rings. The molecule has 0 radical (unpaired) electrons. The average molecular weight is 258 g/mol. The Labute approximate surface area is 105 Å². The molecule has 1 unspecified atom stereocenters. The van der Waals surface area contributed by atoms with E-state index in [-0.39, 0.29) is 30.6 Å². The largest absolute Gasteiger partial charge is 0.313 e. The van der Waals surface area contributed by atoms with Crippen LogP contribution in [-0.4, -0.2) is 18.0 Å². The van der Waals surface area contributed by atoms with Crippen LogP contribution in [0.1, 0.15) is 37.3 Å². The molecule has 1 heterocycles. The van der Waals surface area contributed by atoms with Gasteiger partial charge < -0.3 is 5.32 Å². The highest BCUT2D eigenvalue weighted by Gasteiger charge is 2.38. The Balaban J connectivity index is 2.13. The standard InChI is InChI=1S/C13H17F3N2/c1-17-12(10-4-7-18-8-11(10)14)9-2-5-13(15,16)6-3-9/h4,7-9,12,17H,2-3,5-6H2,1H3. The summed E-state index contributed by atoms with van der Waals surface area (Å²) in [5.41, 5.74) is 0.516. The summed E-state index contributed by atoms with van der Waals surface area (Å²) in [6.45, 7) is 0. The van der Waals surface area contributed by atoms with Crippen molar-refractivity contribution in [1.82, 2.24) is 10.3 Å². The molecule has 1 aromatic rings. The molecule has 5 heteroatoms. The number of halogens is 3. The van der Waals surface area contributed by atoms with Gasteiger partial charge in [-0.2, -0.15) is 0 Å². The molecule has 1 aliphatic rings. The van der Waals surface area contributed by atoms with E-state index in [0.29, 0.717) is 18.4 Å². The third kappa shape index (κ3) is 2.83. The molecule has 0 saturated heterocycles. The van der Waals surface area contributed by atoms with Crippen LogP contribution in [0.15, 0.2) is 18.5 Å². The van der Waals surface area contributed by atoms with Crippen molar-refractivity contribution in [2.45, 2.75) is 37.6 Å². The Kier molecular flexibility index (Phi) is 3.90. The van der Waals surface area contributed by atoms with Crippen LogP contribution >= 0.6 is 0 Å². The fraction of sp³-hybridized carbons (Fsp3) is 0.615. The van der Waals surface area contributed by atoms with E-state index < -0.39 is 5.92 Å². The second-order valence-electron chi connectivity index (χ2n) is 4.86. The van der Waals surface area contributed by atoms with Gasteiger partial charge in [0, 0.05) is 30.6 Å². The van der Waals surface area contributed by atoms with E-state index in [4.69, 9.17) is 0 Å². The van der Waals surface area contributed by atoms with Gasteiger partial charge in [-0.05, 0) is 31.9 Å². The minimum Gasteiger partial charge on any atom is -0.313 e. The predicted molar refractivity (Wildman–Crippen MR) is 62.9 cm³/mol. The summed E-state index contributed by atoms with van der Waals surface area (Å²) in [6.07, 6.45) is 3.31. The lowest BCUT2D eigenvalue weighted by Gasteiger charge is -2.33. The van der Waals surface area contributed by atoms with Gasteiger partial charge in [-0.25, -0.2) is 13.2 Å². The van der Waals surface area contributed by atoms with E-state index in [2.05, 4.69) is 10.3 Å². The second kappa shape index (κ2) is 5.26. The number of nitrogens with one attached hydrogen (secondary N) is 1. The summed E-state index contributed by atoms with van der Waals surface area (Å²) in [5.74, 6) is -2.88. The highest BCUT2D eigenvalue weighted by Crippen LogP contribution is 2.41. The van der Waals surface area contributed by atoms with Crippen LogP contribution in [-0.2, 0) is 0 Å². The van der Waals surface area contributed by atoms with Crippen molar-refractivity contribution in [1.29, 1.82) is 0 Å². The molecule has 1 aliphatic carbocycles. The number of pyridine rings is 1. The first-order chi connectivity index (χ1) is 8.53. The van der Waals surface area contributed by atoms with Crippen molar-refractivity contribution < 1.29 is 13.2 Å². The summed E-state index contributed by atoms with van der Waals surface area (Å²) < 4.78 is 39.9. The van der Waals surface area contributed by atoms with E-state index >= 15 is 0 Å². The highest BCUT2D eigenvalue weighted by atomic mass is 19.3. The van der Waals surface area contributed by atoms with Gasteiger partial charge in [-0.15, -0.1) is 0 Å². The number of hydrogen-bond acceptors (Lipinski definition) is 2. The third-order valence-electron chi connectivity index (χ3n) is 3.68. The maximum absolute atomic E-state index is 13.7. The third-order valence-corrected chi connectivity index (χ3v) is 3.68. The average Bonchev–Trinajstić information content (AvgIpc) is 2.34. The Hall–Kier alpha value is -1.10. The van der Waals surface area contributed by atoms with E-state index in [1.54, 1.807) is 13.1 Å². The molecule has 1 aromatic heterocycles. The van der Waals surface area contributed by atoms with Crippen LogP contribution < -0.4 is 5.32 Å². The molecule has 18 heavy (non-hydrogen) atoms. The number of hydrogen-bond donors (Lipinski definition) is 1. The van der Waals surface area contributed by atoms with Gasteiger partial charge in [-0.3, -0.25) is 4.98 Å². The van der Waals surface area contributed by atoms with Crippen molar-refractivity contribution in [3.05, 3.63) is 29.8 Å². The topological polar surface area (TPSA) is 24.9 Å². The molecule has 2 nitrogen and oxygen atoms in total. The Morgan fingerprint density at radius 3 is 2.61 bits per heavy atom. The summed E-state index contributed by atoms with van der Waals surface area (Å²) in [7, 11) is 1.73. The normalized spacial score (nSPS) is 21.8. The molecule has 1 N–H and O–H groups in total. The molecular formula is C13H17F3N2. The van der Waals surface area contributed by atoms with Crippen molar-refractivity contribution in [3.8, 4) is 0 Å². The lowest BCUT2D eigenvalue weighted by Crippen LogP contribution is -2.33. The van der Waals surface area contributed by atoms with Gasteiger partial charge >= 0.3 is 0 Å². The van der Waals surface area contributed by atoms with E-state index in [0.717, 1.165) is 6.20 Å². The van der Waals surface area contributed by atoms with Crippen LogP contribution in [0.4, 0.5) is 13.2 Å². The molecule has 0 amide bonds. The van der Waals surface area contributed by atoms with Crippen LogP contribution in [0.3, 0.4) is 0 Å². The van der Waals surface area contributed by atoms with Gasteiger partial charge in [0.2, 0.25) is 5.92 Å². The molecule has 1 saturated carbocycles. The summed E-state index contributed by atoms with van der Waals surface area (Å²) in [6, 6.07) is 1.40. The number of alkyl halides is 2. The van der Waals surface area contributed by atoms with E-state index in [1.165, 1.54) is 6.20 Å². The van der Waals surface area contributed by atoms with Gasteiger partial charge in [0.05, 0.1) is 6.20 Å². The predicted octanol–water partition coefficient (Wildman–Crippen LogP) is 3.31. The SMILES string of the molecule is CNC(c1ccncc1F)C1CCC(F)(F)CC1. The van der Waals surface area contributed by atoms with Gasteiger partial charge in [0.1, 0.15) is 5.82 Å². The summed E-state index contributed by atoms with van der Waals surface area (Å²) >= 11 is 0. The molecule has 0 aromatic carbocycles. The maximum atomic E-state index is 13.7. The fourth-order valence-electron chi connectivity index (χ4n) is 2.68. The molecule has 100 valence electrons. The van der Waals surface area contributed by atoms with Crippen LogP contribution in [0.5, 0.6) is 0 Å². The minimum atomic E-state index is -2.55. The Morgan fingerprint density at radius 1 is 1.39 bits per heavy atom. The fourth-order valence-corrected chi connectivity index (χ4v) is 2.68. The monoisotopic (exact) mass is 258 g/mol. The minimum absolute atomic E-state index is 0.0477. The van der Waals surface area contributed by atoms with Crippen LogP contribution in [0, 0.1) is 11.7 Å². The van der Waals surface area contributed by atoms with Crippen LogP contribution in [0.25, 0.3) is 0 Å². The number of nitrogens with zero attached hydrogens (tertiary/aromatic N) is 1. The Morgan fingerprint density at radius 2 is 2.06 bits per heavy atom. The van der Waals surface area contributed by atoms with Gasteiger partial charge in [0.25, 0.3) is 0 Å². The van der Waals surface area contributed by atoms with E-state index in [9.17, 15) is 13.2 Å². The number of rotatable bonds is 3. The maximum Gasteiger partial charge on any atom is 0.248 e. The van der Waals surface area contributed by atoms with Gasteiger partial charge in [0.15, 0.2) is 0 Å². The van der Waals surface area contributed by atoms with Crippen molar-refractivity contribution in [2.75, 3.05) is 7.05 Å². The quantitative estimate of drug-likeness (QED) is 0.899. The zero-order valence-electron chi connectivity index (χ0n) is 10.3. The molecule has 1 atom stereocenters. The zero-order chi connectivity index (χ0) is 13.2. The van der Waals surface area contributed by atoms with Gasteiger partial charge in [-0.1, -0.05) is 0 Å². The van der Waals surface area contributed by atoms with Crippen LogP contribution in [0.2, 0.25) is 0 Å². The zero-order valence-corrected chi connectivity index (χ0v) is 10.3. The van der Waals surface area contributed by atoms with E-state index in [1.807, 2.05) is 0 Å². The summed E-state index contributed by atoms with van der Waals surface area (Å²) in [5, 5.41) is 3.04. The first kappa shape index (κ1) is 13.3. The molecule has 0 bridgehead atoms. The molecular weight excluding hydrogens is 241 g/mol. The molecule has 0 aliphatic heterocycles. The highest BCUT2D eigenvalue weighted by molar-refractivity contribution is 5.18. The van der Waals surface area contributed by atoms with Crippen molar-refractivity contribution in [3.63, 3.8) is 0 Å². The Bertz CT molecular complexity index is 399. The number of aromatic nitrogens is 1. The first-order valence-corrected chi connectivity index (χ1v) is 6.18. The lowest BCUT2D eigenvalue weighted by molar-refractivity contribution is -0.0496.